The molecule has 22 heavy (non-hydrogen) atoms. The van der Waals surface area contributed by atoms with E-state index in [9.17, 15) is 13.5 Å². The largest absolute Gasteiger partial charge is 0.391 e. The standard InChI is InChI=1S/C17H19NO3S/c1-13-7-9-15(10-8-13)22(20,21)18-12-11-16(19)17(18)14-5-3-2-4-6-14/h2-10,16-17,19H,11-12H2,1H3/t16-,17-/m0/s1. The van der Waals surface area contributed by atoms with E-state index in [4.69, 9.17) is 0 Å². The highest BCUT2D eigenvalue weighted by Crippen LogP contribution is 2.36. The molecule has 0 spiro atoms. The van der Waals surface area contributed by atoms with Gasteiger partial charge >= 0.3 is 0 Å². The number of rotatable bonds is 3. The van der Waals surface area contributed by atoms with E-state index >= 15 is 0 Å². The van der Waals surface area contributed by atoms with E-state index < -0.39 is 22.2 Å². The van der Waals surface area contributed by atoms with Gasteiger partial charge in [0.2, 0.25) is 10.0 Å². The second-order valence-corrected chi connectivity index (χ2v) is 7.53. The summed E-state index contributed by atoms with van der Waals surface area (Å²) in [4.78, 5) is 0.271. The molecule has 1 heterocycles. The molecule has 0 saturated carbocycles. The first kappa shape index (κ1) is 15.2. The molecule has 1 aliphatic rings. The quantitative estimate of drug-likeness (QED) is 0.946. The van der Waals surface area contributed by atoms with E-state index in [1.807, 2.05) is 37.3 Å². The van der Waals surface area contributed by atoms with E-state index in [1.54, 1.807) is 24.3 Å². The summed E-state index contributed by atoms with van der Waals surface area (Å²) in [5.41, 5.74) is 1.84. The summed E-state index contributed by atoms with van der Waals surface area (Å²) < 4.78 is 27.2. The van der Waals surface area contributed by atoms with Crippen LogP contribution in [0.4, 0.5) is 0 Å². The lowest BCUT2D eigenvalue weighted by atomic mass is 10.0. The lowest BCUT2D eigenvalue weighted by molar-refractivity contribution is 0.143. The van der Waals surface area contributed by atoms with Gasteiger partial charge in [-0.15, -0.1) is 0 Å². The summed E-state index contributed by atoms with van der Waals surface area (Å²) in [5, 5.41) is 10.3. The van der Waals surface area contributed by atoms with Gasteiger partial charge < -0.3 is 5.11 Å². The summed E-state index contributed by atoms with van der Waals surface area (Å²) in [7, 11) is -3.61. The molecular weight excluding hydrogens is 298 g/mol. The van der Waals surface area contributed by atoms with Gasteiger partial charge in [0.15, 0.2) is 0 Å². The van der Waals surface area contributed by atoms with Gasteiger partial charge in [-0.1, -0.05) is 48.0 Å². The van der Waals surface area contributed by atoms with Crippen LogP contribution in [0.15, 0.2) is 59.5 Å². The number of aryl methyl sites for hydroxylation is 1. The van der Waals surface area contributed by atoms with E-state index in [2.05, 4.69) is 0 Å². The second kappa shape index (κ2) is 5.83. The van der Waals surface area contributed by atoms with Crippen LogP contribution in [0, 0.1) is 6.92 Å². The molecule has 0 radical (unpaired) electrons. The van der Waals surface area contributed by atoms with Gasteiger partial charge in [-0.2, -0.15) is 4.31 Å². The molecule has 0 bridgehead atoms. The second-order valence-electron chi connectivity index (χ2n) is 5.64. The maximum Gasteiger partial charge on any atom is 0.243 e. The Morgan fingerprint density at radius 2 is 1.68 bits per heavy atom. The fourth-order valence-electron chi connectivity index (χ4n) is 2.90. The van der Waals surface area contributed by atoms with Crippen molar-refractivity contribution in [3.8, 4) is 0 Å². The van der Waals surface area contributed by atoms with Crippen molar-refractivity contribution in [3.63, 3.8) is 0 Å². The molecule has 0 amide bonds. The molecule has 2 aromatic rings. The van der Waals surface area contributed by atoms with Crippen molar-refractivity contribution in [2.24, 2.45) is 0 Å². The van der Waals surface area contributed by atoms with Crippen LogP contribution in [-0.2, 0) is 10.0 Å². The molecule has 5 heteroatoms. The number of aliphatic hydroxyl groups is 1. The van der Waals surface area contributed by atoms with Gasteiger partial charge in [0.05, 0.1) is 17.0 Å². The molecule has 0 unspecified atom stereocenters. The minimum atomic E-state index is -3.61. The van der Waals surface area contributed by atoms with Crippen LogP contribution in [0.1, 0.15) is 23.6 Å². The fourth-order valence-corrected chi connectivity index (χ4v) is 4.56. The highest BCUT2D eigenvalue weighted by atomic mass is 32.2. The molecule has 1 fully saturated rings. The summed E-state index contributed by atoms with van der Waals surface area (Å²) in [6.45, 7) is 2.25. The monoisotopic (exact) mass is 317 g/mol. The van der Waals surface area contributed by atoms with Crippen LogP contribution < -0.4 is 0 Å². The van der Waals surface area contributed by atoms with Gasteiger partial charge in [0.25, 0.3) is 0 Å². The van der Waals surface area contributed by atoms with E-state index in [1.165, 1.54) is 4.31 Å². The third-order valence-corrected chi connectivity index (χ3v) is 5.98. The SMILES string of the molecule is Cc1ccc(S(=O)(=O)N2CC[C@H](O)[C@@H]2c2ccccc2)cc1. The Hall–Kier alpha value is -1.69. The Labute approximate surface area is 131 Å². The topological polar surface area (TPSA) is 57.6 Å². The van der Waals surface area contributed by atoms with Gasteiger partial charge in [0, 0.05) is 6.54 Å². The average Bonchev–Trinajstić information content (AvgIpc) is 2.91. The molecule has 116 valence electrons. The zero-order valence-corrected chi connectivity index (χ0v) is 13.2. The van der Waals surface area contributed by atoms with Gasteiger partial charge in [-0.25, -0.2) is 8.42 Å². The minimum absolute atomic E-state index is 0.271. The molecule has 2 atom stereocenters. The summed E-state index contributed by atoms with van der Waals surface area (Å²) in [6.07, 6.45) is -0.229. The molecular formula is C17H19NO3S. The smallest absolute Gasteiger partial charge is 0.243 e. The van der Waals surface area contributed by atoms with Crippen molar-refractivity contribution in [2.75, 3.05) is 6.54 Å². The van der Waals surface area contributed by atoms with Crippen LogP contribution in [0.25, 0.3) is 0 Å². The lowest BCUT2D eigenvalue weighted by Crippen LogP contribution is -2.33. The third-order valence-electron chi connectivity index (χ3n) is 4.09. The van der Waals surface area contributed by atoms with Crippen molar-refractivity contribution in [3.05, 3.63) is 65.7 Å². The Bertz CT molecular complexity index is 741. The molecule has 1 saturated heterocycles. The van der Waals surface area contributed by atoms with E-state index in [0.717, 1.165) is 11.1 Å². The van der Waals surface area contributed by atoms with Crippen molar-refractivity contribution in [1.82, 2.24) is 4.31 Å². The zero-order valence-electron chi connectivity index (χ0n) is 12.4. The predicted octanol–water partition coefficient (Wildman–Crippen LogP) is 2.49. The van der Waals surface area contributed by atoms with Crippen LogP contribution in [0.5, 0.6) is 0 Å². The highest BCUT2D eigenvalue weighted by molar-refractivity contribution is 7.89. The first-order chi connectivity index (χ1) is 10.5. The van der Waals surface area contributed by atoms with Gasteiger partial charge in [-0.3, -0.25) is 0 Å². The van der Waals surface area contributed by atoms with Gasteiger partial charge in [0.1, 0.15) is 0 Å². The highest BCUT2D eigenvalue weighted by Gasteiger charge is 2.41. The number of benzene rings is 2. The number of sulfonamides is 1. The maximum atomic E-state index is 12.9. The molecule has 2 aromatic carbocycles. The van der Waals surface area contributed by atoms with Gasteiger partial charge in [-0.05, 0) is 31.0 Å². The van der Waals surface area contributed by atoms with E-state index in [-0.39, 0.29) is 4.90 Å². The number of hydrogen-bond acceptors (Lipinski definition) is 3. The molecule has 0 aliphatic carbocycles. The average molecular weight is 317 g/mol. The molecule has 1 aliphatic heterocycles. The normalized spacial score (nSPS) is 22.8. The van der Waals surface area contributed by atoms with Crippen LogP contribution in [-0.4, -0.2) is 30.5 Å². The molecule has 1 N–H and O–H groups in total. The molecule has 0 aromatic heterocycles. The summed E-state index contributed by atoms with van der Waals surface area (Å²) in [6, 6.07) is 15.6. The first-order valence-electron chi connectivity index (χ1n) is 7.31. The van der Waals surface area contributed by atoms with Crippen molar-refractivity contribution >= 4 is 10.0 Å². The van der Waals surface area contributed by atoms with Crippen LogP contribution in [0.2, 0.25) is 0 Å². The number of aliphatic hydroxyl groups excluding tert-OH is 1. The van der Waals surface area contributed by atoms with E-state index in [0.29, 0.717) is 13.0 Å². The van der Waals surface area contributed by atoms with Crippen LogP contribution in [0.3, 0.4) is 0 Å². The lowest BCUT2D eigenvalue weighted by Gasteiger charge is -2.26. The fraction of sp³-hybridized carbons (Fsp3) is 0.294. The van der Waals surface area contributed by atoms with Crippen molar-refractivity contribution < 1.29 is 13.5 Å². The minimum Gasteiger partial charge on any atom is -0.391 e. The van der Waals surface area contributed by atoms with Crippen molar-refractivity contribution in [1.29, 1.82) is 0 Å². The number of hydrogen-bond donors (Lipinski definition) is 1. The Morgan fingerprint density at radius 3 is 2.32 bits per heavy atom. The molecule has 4 nitrogen and oxygen atoms in total. The zero-order chi connectivity index (χ0) is 15.7. The maximum absolute atomic E-state index is 12.9. The Morgan fingerprint density at radius 1 is 1.05 bits per heavy atom. The summed E-state index contributed by atoms with van der Waals surface area (Å²) >= 11 is 0. The van der Waals surface area contributed by atoms with Crippen LogP contribution >= 0.6 is 0 Å². The number of nitrogens with zero attached hydrogens (tertiary/aromatic N) is 1. The Balaban J connectivity index is 2.00. The molecule has 3 rings (SSSR count). The van der Waals surface area contributed by atoms with Crippen molar-refractivity contribution in [2.45, 2.75) is 30.4 Å². The predicted molar refractivity (Wildman–Crippen MR) is 84.9 cm³/mol. The Kier molecular flexibility index (Phi) is 4.04. The first-order valence-corrected chi connectivity index (χ1v) is 8.76. The summed E-state index contributed by atoms with van der Waals surface area (Å²) in [5.74, 6) is 0. The third kappa shape index (κ3) is 2.67.